The zero-order chi connectivity index (χ0) is 17.8. The first kappa shape index (κ1) is 17.2. The van der Waals surface area contributed by atoms with Crippen molar-refractivity contribution in [2.75, 3.05) is 36.5 Å². The van der Waals surface area contributed by atoms with Gasteiger partial charge >= 0.3 is 0 Å². The number of hydrogen-bond acceptors (Lipinski definition) is 5. The molecule has 6 heteroatoms. The first-order valence-electron chi connectivity index (χ1n) is 8.45. The third-order valence-electron chi connectivity index (χ3n) is 4.31. The molecule has 3 rings (SSSR count). The molecule has 2 aromatic carbocycles. The summed E-state index contributed by atoms with van der Waals surface area (Å²) in [6.45, 7) is 7.23. The van der Waals surface area contributed by atoms with Crippen molar-refractivity contribution in [1.82, 2.24) is 0 Å². The second-order valence-electron chi connectivity index (χ2n) is 6.41. The van der Waals surface area contributed by atoms with Gasteiger partial charge in [0.1, 0.15) is 5.69 Å². The van der Waals surface area contributed by atoms with Gasteiger partial charge in [-0.3, -0.25) is 10.1 Å². The van der Waals surface area contributed by atoms with E-state index in [2.05, 4.69) is 37.4 Å². The zero-order valence-electron chi connectivity index (χ0n) is 14.6. The van der Waals surface area contributed by atoms with Gasteiger partial charge in [0.25, 0.3) is 5.69 Å². The number of nitro benzene ring substituents is 1. The third kappa shape index (κ3) is 4.28. The highest BCUT2D eigenvalue weighted by Crippen LogP contribution is 2.30. The molecule has 1 aliphatic heterocycles. The quantitative estimate of drug-likeness (QED) is 0.664. The topological polar surface area (TPSA) is 67.6 Å². The Kier molecular flexibility index (Phi) is 5.19. The highest BCUT2D eigenvalue weighted by molar-refractivity contribution is 5.65. The van der Waals surface area contributed by atoms with E-state index in [1.807, 2.05) is 17.0 Å². The van der Waals surface area contributed by atoms with Crippen LogP contribution in [0.3, 0.4) is 0 Å². The first-order chi connectivity index (χ1) is 12.0. The van der Waals surface area contributed by atoms with E-state index < -0.39 is 0 Å². The van der Waals surface area contributed by atoms with Crippen molar-refractivity contribution < 1.29 is 9.66 Å². The van der Waals surface area contributed by atoms with E-state index >= 15 is 0 Å². The summed E-state index contributed by atoms with van der Waals surface area (Å²) in [5.41, 5.74) is 5.12. The van der Waals surface area contributed by atoms with Crippen LogP contribution in [0.5, 0.6) is 0 Å². The summed E-state index contributed by atoms with van der Waals surface area (Å²) in [6.07, 6.45) is 0. The molecule has 1 fully saturated rings. The fraction of sp³-hybridized carbons (Fsp3) is 0.368. The lowest BCUT2D eigenvalue weighted by molar-refractivity contribution is -0.384. The van der Waals surface area contributed by atoms with Crippen molar-refractivity contribution in [3.8, 4) is 0 Å². The van der Waals surface area contributed by atoms with Crippen LogP contribution < -0.4 is 10.2 Å². The number of nitro groups is 1. The van der Waals surface area contributed by atoms with Gasteiger partial charge in [-0.15, -0.1) is 0 Å². The molecule has 0 spiro atoms. The Morgan fingerprint density at radius 3 is 2.44 bits per heavy atom. The van der Waals surface area contributed by atoms with Crippen LogP contribution in [0.4, 0.5) is 17.1 Å². The van der Waals surface area contributed by atoms with Gasteiger partial charge in [-0.05, 0) is 48.7 Å². The summed E-state index contributed by atoms with van der Waals surface area (Å²) in [5.74, 6) is 0. The molecule has 0 unspecified atom stereocenters. The molecule has 1 saturated heterocycles. The molecule has 0 saturated carbocycles. The van der Waals surface area contributed by atoms with E-state index in [4.69, 9.17) is 4.74 Å². The molecule has 0 aromatic heterocycles. The predicted octanol–water partition coefficient (Wildman–Crippen LogP) is 3.66. The second kappa shape index (κ2) is 7.53. The lowest BCUT2D eigenvalue weighted by Gasteiger charge is -2.28. The first-order valence-corrected chi connectivity index (χ1v) is 8.45. The monoisotopic (exact) mass is 341 g/mol. The van der Waals surface area contributed by atoms with Gasteiger partial charge in [0.05, 0.1) is 18.1 Å². The molecular weight excluding hydrogens is 318 g/mol. The molecule has 0 radical (unpaired) electrons. The third-order valence-corrected chi connectivity index (χ3v) is 4.31. The van der Waals surface area contributed by atoms with Gasteiger partial charge in [0, 0.05) is 31.4 Å². The summed E-state index contributed by atoms with van der Waals surface area (Å²) in [7, 11) is 0. The van der Waals surface area contributed by atoms with E-state index in [1.165, 1.54) is 11.1 Å². The number of rotatable bonds is 5. The number of anilines is 2. The number of benzene rings is 2. The van der Waals surface area contributed by atoms with Gasteiger partial charge in [0.15, 0.2) is 0 Å². The van der Waals surface area contributed by atoms with Crippen molar-refractivity contribution in [1.29, 1.82) is 0 Å². The highest BCUT2D eigenvalue weighted by atomic mass is 16.6. The van der Waals surface area contributed by atoms with Crippen LogP contribution >= 0.6 is 0 Å². The fourth-order valence-electron chi connectivity index (χ4n) is 3.18. The fourth-order valence-corrected chi connectivity index (χ4v) is 3.18. The molecule has 0 bridgehead atoms. The molecule has 132 valence electrons. The summed E-state index contributed by atoms with van der Waals surface area (Å²) >= 11 is 0. The van der Waals surface area contributed by atoms with Gasteiger partial charge in [-0.25, -0.2) is 0 Å². The maximum atomic E-state index is 11.5. The van der Waals surface area contributed by atoms with Crippen LogP contribution in [0.1, 0.15) is 16.7 Å². The smallest absolute Gasteiger partial charge is 0.292 e. The van der Waals surface area contributed by atoms with Crippen LogP contribution in [0, 0.1) is 24.0 Å². The Balaban J connectivity index is 1.78. The number of morpholine rings is 1. The number of ether oxygens (including phenoxy) is 1. The van der Waals surface area contributed by atoms with E-state index in [1.54, 1.807) is 6.07 Å². The Morgan fingerprint density at radius 2 is 1.80 bits per heavy atom. The van der Waals surface area contributed by atoms with Crippen molar-refractivity contribution in [3.63, 3.8) is 0 Å². The van der Waals surface area contributed by atoms with Crippen LogP contribution in [0.25, 0.3) is 0 Å². The minimum atomic E-state index is -0.300. The van der Waals surface area contributed by atoms with E-state index in [0.717, 1.165) is 11.3 Å². The van der Waals surface area contributed by atoms with Crippen LogP contribution in [-0.2, 0) is 11.3 Å². The van der Waals surface area contributed by atoms with Gasteiger partial charge in [-0.1, -0.05) is 12.1 Å². The molecule has 1 N–H and O–H groups in total. The molecule has 0 aliphatic carbocycles. The molecule has 2 aromatic rings. The van der Waals surface area contributed by atoms with Crippen LogP contribution in [0.2, 0.25) is 0 Å². The maximum absolute atomic E-state index is 11.5. The average molecular weight is 341 g/mol. The predicted molar refractivity (Wildman–Crippen MR) is 99.4 cm³/mol. The maximum Gasteiger partial charge on any atom is 0.292 e. The van der Waals surface area contributed by atoms with Crippen molar-refractivity contribution in [2.24, 2.45) is 0 Å². The average Bonchev–Trinajstić information content (AvgIpc) is 2.59. The number of nitrogens with zero attached hydrogens (tertiary/aromatic N) is 2. The molecule has 6 nitrogen and oxygen atoms in total. The number of aryl methyl sites for hydroxylation is 2. The van der Waals surface area contributed by atoms with Crippen LogP contribution in [-0.4, -0.2) is 31.2 Å². The van der Waals surface area contributed by atoms with E-state index in [9.17, 15) is 10.1 Å². The van der Waals surface area contributed by atoms with Gasteiger partial charge in [-0.2, -0.15) is 0 Å². The minimum Gasteiger partial charge on any atom is -0.381 e. The number of hydrogen-bond donors (Lipinski definition) is 1. The SMILES string of the molecule is Cc1cc(C)cc(NCc2ccc(N3CCOCC3)c([N+](=O)[O-])c2)c1. The highest BCUT2D eigenvalue weighted by Gasteiger charge is 2.21. The van der Waals surface area contributed by atoms with E-state index in [-0.39, 0.29) is 10.6 Å². The lowest BCUT2D eigenvalue weighted by Crippen LogP contribution is -2.36. The van der Waals surface area contributed by atoms with Crippen molar-refractivity contribution in [3.05, 3.63) is 63.2 Å². The molecule has 1 aliphatic rings. The Labute approximate surface area is 147 Å². The molecule has 1 heterocycles. The van der Waals surface area contributed by atoms with Gasteiger partial charge < -0.3 is 15.0 Å². The van der Waals surface area contributed by atoms with Crippen molar-refractivity contribution >= 4 is 17.1 Å². The minimum absolute atomic E-state index is 0.154. The summed E-state index contributed by atoms with van der Waals surface area (Å²) in [6, 6.07) is 11.7. The molecule has 0 atom stereocenters. The summed E-state index contributed by atoms with van der Waals surface area (Å²) in [4.78, 5) is 13.2. The van der Waals surface area contributed by atoms with Crippen LogP contribution in [0.15, 0.2) is 36.4 Å². The Hall–Kier alpha value is -2.60. The van der Waals surface area contributed by atoms with E-state index in [0.29, 0.717) is 38.5 Å². The van der Waals surface area contributed by atoms with Gasteiger partial charge in [0.2, 0.25) is 0 Å². The normalized spacial score (nSPS) is 14.4. The summed E-state index contributed by atoms with van der Waals surface area (Å²) in [5, 5.41) is 14.9. The Bertz CT molecular complexity index is 750. The summed E-state index contributed by atoms with van der Waals surface area (Å²) < 4.78 is 5.33. The molecular formula is C19H23N3O3. The second-order valence-corrected chi connectivity index (χ2v) is 6.41. The molecule has 0 amide bonds. The van der Waals surface area contributed by atoms with Crippen molar-refractivity contribution in [2.45, 2.75) is 20.4 Å². The molecule has 25 heavy (non-hydrogen) atoms. The zero-order valence-corrected chi connectivity index (χ0v) is 14.6. The standard InChI is InChI=1S/C19H23N3O3/c1-14-9-15(2)11-17(10-14)20-13-16-3-4-18(19(12-16)22(23)24)21-5-7-25-8-6-21/h3-4,9-12,20H,5-8,13H2,1-2H3. The number of nitrogens with one attached hydrogen (secondary N) is 1. The largest absolute Gasteiger partial charge is 0.381 e. The lowest BCUT2D eigenvalue weighted by atomic mass is 10.1. The Morgan fingerprint density at radius 1 is 1.12 bits per heavy atom.